The van der Waals surface area contributed by atoms with Crippen LogP contribution in [0.2, 0.25) is 0 Å². The zero-order valence-corrected chi connectivity index (χ0v) is 19.2. The van der Waals surface area contributed by atoms with Crippen LogP contribution in [0.3, 0.4) is 0 Å². The third kappa shape index (κ3) is 4.88. The number of hydrogen-bond donors (Lipinski definition) is 2. The summed E-state index contributed by atoms with van der Waals surface area (Å²) < 4.78 is 33.3. The summed E-state index contributed by atoms with van der Waals surface area (Å²) in [5.74, 6) is -0.436. The van der Waals surface area contributed by atoms with Gasteiger partial charge in [0, 0.05) is 17.9 Å². The number of rotatable bonds is 7. The number of ether oxygens (including phenoxy) is 1. The Morgan fingerprint density at radius 2 is 1.87 bits per heavy atom. The lowest BCUT2D eigenvalue weighted by Gasteiger charge is -2.37. The molecule has 0 aliphatic carbocycles. The zero-order chi connectivity index (χ0) is 22.6. The van der Waals surface area contributed by atoms with Crippen molar-refractivity contribution in [2.24, 2.45) is 0 Å². The molecule has 7 nitrogen and oxygen atoms in total. The largest absolute Gasteiger partial charge is 0.463 e. The van der Waals surface area contributed by atoms with Gasteiger partial charge in [0.1, 0.15) is 0 Å². The monoisotopic (exact) mass is 459 g/mol. The molecule has 0 saturated heterocycles. The lowest BCUT2D eigenvalue weighted by Crippen LogP contribution is -2.47. The number of esters is 1. The number of sulfonamides is 1. The number of benzene rings is 2. The van der Waals surface area contributed by atoms with Gasteiger partial charge in [0.25, 0.3) is 10.0 Å². The summed E-state index contributed by atoms with van der Waals surface area (Å²) >= 11 is 5.49. The average molecular weight is 460 g/mol. The van der Waals surface area contributed by atoms with E-state index >= 15 is 0 Å². The molecule has 3 rings (SSSR count). The Morgan fingerprint density at radius 1 is 1.16 bits per heavy atom. The van der Waals surface area contributed by atoms with Crippen LogP contribution < -0.4 is 10.0 Å². The first kappa shape index (κ1) is 22.8. The highest BCUT2D eigenvalue weighted by atomic mass is 32.2. The van der Waals surface area contributed by atoms with Crippen molar-refractivity contribution in [3.8, 4) is 0 Å². The van der Waals surface area contributed by atoms with Gasteiger partial charge in [0.05, 0.1) is 23.1 Å². The molecule has 0 spiro atoms. The van der Waals surface area contributed by atoms with Gasteiger partial charge in [-0.2, -0.15) is 0 Å². The summed E-state index contributed by atoms with van der Waals surface area (Å²) in [5, 5.41) is 3.69. The molecule has 2 aromatic carbocycles. The van der Waals surface area contributed by atoms with Crippen molar-refractivity contribution in [2.45, 2.75) is 31.7 Å². The molecule has 1 unspecified atom stereocenters. The zero-order valence-electron chi connectivity index (χ0n) is 17.6. The second-order valence-corrected chi connectivity index (χ2v) is 8.96. The first-order chi connectivity index (χ1) is 14.8. The number of nitrogens with zero attached hydrogens (tertiary/aromatic N) is 1. The van der Waals surface area contributed by atoms with Crippen LogP contribution in [0.25, 0.3) is 0 Å². The summed E-state index contributed by atoms with van der Waals surface area (Å²) in [6.07, 6.45) is 0. The number of hydrogen-bond acceptors (Lipinski definition) is 5. The summed E-state index contributed by atoms with van der Waals surface area (Å²) in [5.41, 5.74) is 2.23. The maximum Gasteiger partial charge on any atom is 0.338 e. The van der Waals surface area contributed by atoms with E-state index in [1.807, 2.05) is 24.8 Å². The van der Waals surface area contributed by atoms with Crippen LogP contribution in [-0.4, -0.2) is 37.6 Å². The van der Waals surface area contributed by atoms with Crippen molar-refractivity contribution in [3.05, 3.63) is 71.4 Å². The Bertz CT molecular complexity index is 1110. The van der Waals surface area contributed by atoms with Gasteiger partial charge < -0.3 is 15.0 Å². The fraction of sp³-hybridized carbons (Fsp3) is 0.273. The number of anilines is 1. The molecular weight excluding hydrogens is 434 g/mol. The molecule has 0 aromatic heterocycles. The van der Waals surface area contributed by atoms with Crippen LogP contribution in [-0.2, 0) is 19.6 Å². The van der Waals surface area contributed by atoms with Crippen LogP contribution in [0.1, 0.15) is 32.4 Å². The van der Waals surface area contributed by atoms with Crippen molar-refractivity contribution < 1.29 is 17.9 Å². The predicted octanol–water partition coefficient (Wildman–Crippen LogP) is 3.58. The molecular formula is C22H25N3O4S2. The maximum atomic E-state index is 12.8. The van der Waals surface area contributed by atoms with Crippen LogP contribution in [0, 0.1) is 0 Å². The molecule has 1 atom stereocenters. The van der Waals surface area contributed by atoms with E-state index in [0.717, 1.165) is 0 Å². The highest BCUT2D eigenvalue weighted by Crippen LogP contribution is 2.32. The molecule has 31 heavy (non-hydrogen) atoms. The van der Waals surface area contributed by atoms with Crippen molar-refractivity contribution in [2.75, 3.05) is 17.9 Å². The molecule has 1 aliphatic heterocycles. The van der Waals surface area contributed by atoms with Gasteiger partial charge in [0.2, 0.25) is 0 Å². The van der Waals surface area contributed by atoms with Crippen molar-refractivity contribution in [3.63, 3.8) is 0 Å². The van der Waals surface area contributed by atoms with Gasteiger partial charge in [-0.3, -0.25) is 4.72 Å². The van der Waals surface area contributed by atoms with Crippen molar-refractivity contribution >= 4 is 39.0 Å². The topological polar surface area (TPSA) is 87.7 Å². The number of carbonyl (C=O) groups excluding carboxylic acids is 1. The third-order valence-electron chi connectivity index (χ3n) is 4.93. The Balaban J connectivity index is 1.99. The first-order valence-corrected chi connectivity index (χ1v) is 11.8. The number of thiocarbonyl (C=S) groups is 1. The van der Waals surface area contributed by atoms with Gasteiger partial charge in [-0.15, -0.1) is 0 Å². The van der Waals surface area contributed by atoms with E-state index in [0.29, 0.717) is 34.2 Å². The predicted molar refractivity (Wildman–Crippen MR) is 124 cm³/mol. The molecule has 2 aromatic rings. The molecule has 2 N–H and O–H groups in total. The van der Waals surface area contributed by atoms with E-state index in [1.165, 1.54) is 12.1 Å². The van der Waals surface area contributed by atoms with Gasteiger partial charge in [0.15, 0.2) is 5.11 Å². The Kier molecular flexibility index (Phi) is 6.97. The minimum Gasteiger partial charge on any atom is -0.463 e. The van der Waals surface area contributed by atoms with E-state index in [1.54, 1.807) is 43.3 Å². The normalized spacial score (nSPS) is 16.7. The van der Waals surface area contributed by atoms with Gasteiger partial charge in [-0.05, 0) is 62.8 Å². The summed E-state index contributed by atoms with van der Waals surface area (Å²) in [6, 6.07) is 14.5. The highest BCUT2D eigenvalue weighted by molar-refractivity contribution is 7.92. The summed E-state index contributed by atoms with van der Waals surface area (Å²) in [4.78, 5) is 14.8. The molecule has 0 bridgehead atoms. The first-order valence-electron chi connectivity index (χ1n) is 9.92. The number of allylic oxidation sites excluding steroid dienone is 1. The lowest BCUT2D eigenvalue weighted by atomic mass is 9.94. The summed E-state index contributed by atoms with van der Waals surface area (Å²) in [7, 11) is -3.74. The minimum absolute atomic E-state index is 0.166. The summed E-state index contributed by atoms with van der Waals surface area (Å²) in [6.45, 7) is 6.37. The fourth-order valence-corrected chi connectivity index (χ4v) is 4.94. The van der Waals surface area contributed by atoms with E-state index < -0.39 is 22.0 Å². The standard InChI is InChI=1S/C22H25N3O4S2/c1-4-25-15(3)19(21(26)29-5-2)20(23-22(25)30)16-10-9-11-17(14-16)24-31(27,28)18-12-7-6-8-13-18/h6-14,20,24H,4-5H2,1-3H3,(H,23,30). The van der Waals surface area contributed by atoms with Gasteiger partial charge in [-0.25, -0.2) is 13.2 Å². The van der Waals surface area contributed by atoms with Crippen LogP contribution >= 0.6 is 12.2 Å². The molecule has 0 fully saturated rings. The number of carbonyl (C=O) groups is 1. The molecule has 9 heteroatoms. The molecule has 0 radical (unpaired) electrons. The second kappa shape index (κ2) is 9.49. The maximum absolute atomic E-state index is 12.8. The van der Waals surface area contributed by atoms with Gasteiger partial charge >= 0.3 is 5.97 Å². The van der Waals surface area contributed by atoms with Gasteiger partial charge in [-0.1, -0.05) is 30.3 Å². The van der Waals surface area contributed by atoms with Crippen molar-refractivity contribution in [1.82, 2.24) is 10.2 Å². The third-order valence-corrected chi connectivity index (χ3v) is 6.67. The van der Waals surface area contributed by atoms with Crippen LogP contribution in [0.5, 0.6) is 0 Å². The quantitative estimate of drug-likeness (QED) is 0.483. The smallest absolute Gasteiger partial charge is 0.338 e. The van der Waals surface area contributed by atoms with E-state index in [2.05, 4.69) is 10.0 Å². The van der Waals surface area contributed by atoms with E-state index in [4.69, 9.17) is 17.0 Å². The second-order valence-electron chi connectivity index (χ2n) is 6.89. The molecule has 1 heterocycles. The highest BCUT2D eigenvalue weighted by Gasteiger charge is 2.34. The number of nitrogens with one attached hydrogen (secondary N) is 2. The average Bonchev–Trinajstić information content (AvgIpc) is 2.74. The molecule has 1 aliphatic rings. The Labute approximate surface area is 188 Å². The van der Waals surface area contributed by atoms with Crippen molar-refractivity contribution in [1.29, 1.82) is 0 Å². The minimum atomic E-state index is -3.74. The molecule has 0 saturated carbocycles. The fourth-order valence-electron chi connectivity index (χ4n) is 3.48. The lowest BCUT2D eigenvalue weighted by molar-refractivity contribution is -0.139. The van der Waals surface area contributed by atoms with Crippen LogP contribution in [0.4, 0.5) is 5.69 Å². The van der Waals surface area contributed by atoms with E-state index in [9.17, 15) is 13.2 Å². The molecule has 0 amide bonds. The Hall–Kier alpha value is -2.91. The Morgan fingerprint density at radius 3 is 2.52 bits per heavy atom. The molecule has 164 valence electrons. The van der Waals surface area contributed by atoms with E-state index in [-0.39, 0.29) is 11.5 Å². The van der Waals surface area contributed by atoms with Crippen LogP contribution in [0.15, 0.2) is 70.8 Å². The SMILES string of the molecule is CCOC(=O)C1=C(C)N(CC)C(=S)NC1c1cccc(NS(=O)(=O)c2ccccc2)c1.